The summed E-state index contributed by atoms with van der Waals surface area (Å²) in [5.74, 6) is -0.850. The Kier molecular flexibility index (Phi) is 4.63. The fourth-order valence-electron chi connectivity index (χ4n) is 2.84. The number of likely N-dealkylation sites (N-methyl/N-ethyl adjacent to an activating group) is 1. The second-order valence-corrected chi connectivity index (χ2v) is 5.80. The van der Waals surface area contributed by atoms with Gasteiger partial charge in [-0.05, 0) is 44.4 Å². The molecule has 1 aromatic carbocycles. The molecule has 1 aromatic rings. The molecule has 0 saturated carbocycles. The Bertz CT molecular complexity index is 536. The molecule has 1 aliphatic rings. The number of rotatable bonds is 5. The minimum atomic E-state index is -0.927. The van der Waals surface area contributed by atoms with Gasteiger partial charge < -0.3 is 15.3 Å². The van der Waals surface area contributed by atoms with Crippen LogP contribution < -0.4 is 5.32 Å². The lowest BCUT2D eigenvalue weighted by Crippen LogP contribution is -2.52. The molecule has 1 unspecified atom stereocenters. The molecule has 1 fully saturated rings. The van der Waals surface area contributed by atoms with E-state index < -0.39 is 11.5 Å². The van der Waals surface area contributed by atoms with E-state index in [0.29, 0.717) is 18.5 Å². The van der Waals surface area contributed by atoms with Crippen LogP contribution in [0, 0.1) is 0 Å². The fourth-order valence-corrected chi connectivity index (χ4v) is 2.84. The Morgan fingerprint density at radius 2 is 2.10 bits per heavy atom. The quantitative estimate of drug-likeness (QED) is 0.863. The predicted octanol–water partition coefficient (Wildman–Crippen LogP) is 1.53. The average Bonchev–Trinajstić information content (AvgIpc) is 2.92. The highest BCUT2D eigenvalue weighted by molar-refractivity contribution is 5.89. The van der Waals surface area contributed by atoms with Crippen molar-refractivity contribution in [3.63, 3.8) is 0 Å². The molecule has 114 valence electrons. The largest absolute Gasteiger partial charge is 0.478 e. The van der Waals surface area contributed by atoms with Crippen LogP contribution in [0.1, 0.15) is 35.7 Å². The first-order chi connectivity index (χ1) is 9.94. The maximum Gasteiger partial charge on any atom is 0.335 e. The predicted molar refractivity (Wildman–Crippen MR) is 80.4 cm³/mol. The Hall–Kier alpha value is -1.88. The van der Waals surface area contributed by atoms with Crippen LogP contribution in [0.15, 0.2) is 24.3 Å². The molecule has 1 saturated heterocycles. The van der Waals surface area contributed by atoms with Crippen molar-refractivity contribution in [3.05, 3.63) is 35.4 Å². The van der Waals surface area contributed by atoms with Gasteiger partial charge in [-0.3, -0.25) is 4.79 Å². The summed E-state index contributed by atoms with van der Waals surface area (Å²) in [4.78, 5) is 25.3. The second-order valence-electron chi connectivity index (χ2n) is 5.80. The third kappa shape index (κ3) is 3.42. The van der Waals surface area contributed by atoms with E-state index in [1.807, 2.05) is 13.0 Å². The first kappa shape index (κ1) is 15.5. The normalized spacial score (nSPS) is 21.2. The van der Waals surface area contributed by atoms with Crippen molar-refractivity contribution in [2.24, 2.45) is 0 Å². The summed E-state index contributed by atoms with van der Waals surface area (Å²) in [6.45, 7) is 3.32. The SMILES string of the molecule is CN(CCc1ccccc1C(=O)O)C(=O)C1(C)CCCN1. The van der Waals surface area contributed by atoms with Crippen LogP contribution >= 0.6 is 0 Å². The summed E-state index contributed by atoms with van der Waals surface area (Å²) < 4.78 is 0. The molecule has 1 heterocycles. The Labute approximate surface area is 125 Å². The molecule has 5 heteroatoms. The number of carbonyl (C=O) groups excluding carboxylic acids is 1. The number of benzene rings is 1. The third-order valence-electron chi connectivity index (χ3n) is 4.15. The average molecular weight is 290 g/mol. The molecule has 1 aliphatic heterocycles. The van der Waals surface area contributed by atoms with Crippen LogP contribution in [0.2, 0.25) is 0 Å². The van der Waals surface area contributed by atoms with Crippen molar-refractivity contribution < 1.29 is 14.7 Å². The first-order valence-corrected chi connectivity index (χ1v) is 7.26. The van der Waals surface area contributed by atoms with Gasteiger partial charge in [-0.25, -0.2) is 4.79 Å². The van der Waals surface area contributed by atoms with Gasteiger partial charge in [-0.2, -0.15) is 0 Å². The number of carboxylic acid groups (broad SMARTS) is 1. The fraction of sp³-hybridized carbons (Fsp3) is 0.500. The van der Waals surface area contributed by atoms with E-state index in [-0.39, 0.29) is 5.91 Å². The number of hydrogen-bond donors (Lipinski definition) is 2. The second kappa shape index (κ2) is 6.26. The highest BCUT2D eigenvalue weighted by Gasteiger charge is 2.37. The molecule has 5 nitrogen and oxygen atoms in total. The number of hydrogen-bond acceptors (Lipinski definition) is 3. The lowest BCUT2D eigenvalue weighted by molar-refractivity contribution is -0.135. The summed E-state index contributed by atoms with van der Waals surface area (Å²) in [6.07, 6.45) is 2.40. The number of carboxylic acids is 1. The molecular weight excluding hydrogens is 268 g/mol. The zero-order valence-electron chi connectivity index (χ0n) is 12.6. The Morgan fingerprint density at radius 1 is 1.38 bits per heavy atom. The van der Waals surface area contributed by atoms with E-state index in [4.69, 9.17) is 5.11 Å². The van der Waals surface area contributed by atoms with Crippen LogP contribution in [0.5, 0.6) is 0 Å². The van der Waals surface area contributed by atoms with Gasteiger partial charge >= 0.3 is 5.97 Å². The standard InChI is InChI=1S/C16H22N2O3/c1-16(9-5-10-17-16)15(21)18(2)11-8-12-6-3-4-7-13(12)14(19)20/h3-4,6-7,17H,5,8-11H2,1-2H3,(H,19,20). The van der Waals surface area contributed by atoms with E-state index in [0.717, 1.165) is 24.9 Å². The summed E-state index contributed by atoms with van der Waals surface area (Å²) in [5.41, 5.74) is 0.596. The van der Waals surface area contributed by atoms with Crippen molar-refractivity contribution in [2.75, 3.05) is 20.1 Å². The third-order valence-corrected chi connectivity index (χ3v) is 4.15. The summed E-state index contributed by atoms with van der Waals surface area (Å²) in [7, 11) is 1.77. The van der Waals surface area contributed by atoms with Crippen LogP contribution in [0.25, 0.3) is 0 Å². The van der Waals surface area contributed by atoms with E-state index in [1.54, 1.807) is 30.1 Å². The van der Waals surface area contributed by atoms with Crippen molar-refractivity contribution in [1.29, 1.82) is 0 Å². The first-order valence-electron chi connectivity index (χ1n) is 7.26. The van der Waals surface area contributed by atoms with Crippen molar-refractivity contribution in [1.82, 2.24) is 10.2 Å². The highest BCUT2D eigenvalue weighted by Crippen LogP contribution is 2.21. The summed E-state index contributed by atoms with van der Waals surface area (Å²) >= 11 is 0. The van der Waals surface area contributed by atoms with Gasteiger partial charge in [0.2, 0.25) is 5.91 Å². The minimum Gasteiger partial charge on any atom is -0.478 e. The molecule has 0 aliphatic carbocycles. The molecule has 2 rings (SSSR count). The van der Waals surface area contributed by atoms with E-state index in [2.05, 4.69) is 5.32 Å². The Balaban J connectivity index is 2.00. The Morgan fingerprint density at radius 3 is 2.71 bits per heavy atom. The number of nitrogens with zero attached hydrogens (tertiary/aromatic N) is 1. The lowest BCUT2D eigenvalue weighted by Gasteiger charge is -2.29. The van der Waals surface area contributed by atoms with Crippen molar-refractivity contribution in [3.8, 4) is 0 Å². The van der Waals surface area contributed by atoms with Gasteiger partial charge in [0, 0.05) is 13.6 Å². The van der Waals surface area contributed by atoms with Gasteiger partial charge in [0.25, 0.3) is 0 Å². The van der Waals surface area contributed by atoms with E-state index in [9.17, 15) is 9.59 Å². The summed E-state index contributed by atoms with van der Waals surface area (Å²) in [5, 5.41) is 12.4. The van der Waals surface area contributed by atoms with E-state index in [1.165, 1.54) is 0 Å². The maximum atomic E-state index is 12.5. The van der Waals surface area contributed by atoms with Gasteiger partial charge in [-0.15, -0.1) is 0 Å². The number of aromatic carboxylic acids is 1. The van der Waals surface area contributed by atoms with Crippen LogP contribution in [-0.4, -0.2) is 47.6 Å². The molecule has 0 bridgehead atoms. The highest BCUT2D eigenvalue weighted by atomic mass is 16.4. The van der Waals surface area contributed by atoms with Crippen LogP contribution in [0.3, 0.4) is 0 Å². The zero-order chi connectivity index (χ0) is 15.5. The van der Waals surface area contributed by atoms with Gasteiger partial charge in [-0.1, -0.05) is 18.2 Å². The monoisotopic (exact) mass is 290 g/mol. The molecular formula is C16H22N2O3. The molecule has 0 radical (unpaired) electrons. The van der Waals surface area contributed by atoms with Crippen LogP contribution in [-0.2, 0) is 11.2 Å². The molecule has 0 spiro atoms. The van der Waals surface area contributed by atoms with Crippen LogP contribution in [0.4, 0.5) is 0 Å². The van der Waals surface area contributed by atoms with Crippen molar-refractivity contribution in [2.45, 2.75) is 31.7 Å². The molecule has 2 N–H and O–H groups in total. The molecule has 21 heavy (non-hydrogen) atoms. The molecule has 1 atom stereocenters. The molecule has 0 aromatic heterocycles. The number of nitrogens with one attached hydrogen (secondary N) is 1. The summed E-state index contributed by atoms with van der Waals surface area (Å²) in [6, 6.07) is 6.94. The molecule has 1 amide bonds. The smallest absolute Gasteiger partial charge is 0.335 e. The lowest BCUT2D eigenvalue weighted by atomic mass is 9.98. The number of carbonyl (C=O) groups is 2. The number of amides is 1. The maximum absolute atomic E-state index is 12.5. The van der Waals surface area contributed by atoms with Gasteiger partial charge in [0.15, 0.2) is 0 Å². The zero-order valence-corrected chi connectivity index (χ0v) is 12.6. The van der Waals surface area contributed by atoms with Crippen molar-refractivity contribution >= 4 is 11.9 Å². The minimum absolute atomic E-state index is 0.0767. The van der Waals surface area contributed by atoms with E-state index >= 15 is 0 Å². The van der Waals surface area contributed by atoms with Gasteiger partial charge in [0.05, 0.1) is 11.1 Å². The van der Waals surface area contributed by atoms with Gasteiger partial charge in [0.1, 0.15) is 0 Å². The topological polar surface area (TPSA) is 69.6 Å².